The molecule has 0 aromatic carbocycles. The lowest BCUT2D eigenvalue weighted by Gasteiger charge is -2.13. The quantitative estimate of drug-likeness (QED) is 0.560. The highest BCUT2D eigenvalue weighted by Crippen LogP contribution is 2.63. The van der Waals surface area contributed by atoms with E-state index < -0.39 is 4.44 Å². The fourth-order valence-corrected chi connectivity index (χ4v) is 4.36. The summed E-state index contributed by atoms with van der Waals surface area (Å²) in [5.41, 5.74) is 0. The molecule has 0 bridgehead atoms. The molecule has 0 aliphatic carbocycles. The van der Waals surface area contributed by atoms with Gasteiger partial charge in [0.15, 0.2) is 0 Å². The van der Waals surface area contributed by atoms with Crippen LogP contribution in [0.3, 0.4) is 0 Å². The molecule has 0 nitrogen and oxygen atoms in total. The smallest absolute Gasteiger partial charge is 0.0540 e. The second kappa shape index (κ2) is 5.08. The SMILES string of the molecule is CCP(=S)(S)SCC(C)C. The molecular weight excluding hydrogens is 199 g/mol. The Morgan fingerprint density at radius 1 is 1.60 bits per heavy atom. The molecular formula is C6H15PS3. The maximum Gasteiger partial charge on any atom is 0.0540 e. The lowest BCUT2D eigenvalue weighted by molar-refractivity contribution is 0.752. The van der Waals surface area contributed by atoms with Gasteiger partial charge >= 0.3 is 0 Å². The van der Waals surface area contributed by atoms with Gasteiger partial charge in [-0.15, -0.1) is 23.6 Å². The van der Waals surface area contributed by atoms with Gasteiger partial charge in [-0.25, -0.2) is 0 Å². The van der Waals surface area contributed by atoms with E-state index in [1.54, 1.807) is 0 Å². The van der Waals surface area contributed by atoms with Crippen molar-refractivity contribution in [2.24, 2.45) is 5.92 Å². The van der Waals surface area contributed by atoms with Crippen molar-refractivity contribution in [3.05, 3.63) is 0 Å². The average Bonchev–Trinajstić information content (AvgIpc) is 1.85. The molecule has 4 heteroatoms. The minimum atomic E-state index is -1.28. The van der Waals surface area contributed by atoms with Crippen LogP contribution >= 0.6 is 28.1 Å². The maximum atomic E-state index is 5.30. The summed E-state index contributed by atoms with van der Waals surface area (Å²) in [7, 11) is 0. The summed E-state index contributed by atoms with van der Waals surface area (Å²) in [4.78, 5) is 0. The summed E-state index contributed by atoms with van der Waals surface area (Å²) >= 11 is 11.6. The summed E-state index contributed by atoms with van der Waals surface area (Å²) in [6, 6.07) is 0. The Kier molecular flexibility index (Phi) is 5.76. The van der Waals surface area contributed by atoms with E-state index >= 15 is 0 Å². The predicted molar refractivity (Wildman–Crippen MR) is 61.1 cm³/mol. The molecule has 1 atom stereocenters. The highest BCUT2D eigenvalue weighted by Gasteiger charge is 2.08. The third kappa shape index (κ3) is 6.09. The molecule has 0 aliphatic heterocycles. The highest BCUT2D eigenvalue weighted by atomic mass is 33.2. The van der Waals surface area contributed by atoms with Crippen LogP contribution in [0, 0.1) is 5.92 Å². The summed E-state index contributed by atoms with van der Waals surface area (Å²) in [5.74, 6) is 1.90. The van der Waals surface area contributed by atoms with Gasteiger partial charge in [0.2, 0.25) is 0 Å². The first kappa shape index (κ1) is 11.4. The lowest BCUT2D eigenvalue weighted by Crippen LogP contribution is -1.89. The molecule has 1 unspecified atom stereocenters. The monoisotopic (exact) mass is 214 g/mol. The number of hydrogen-bond donors (Lipinski definition) is 1. The molecule has 0 amide bonds. The Hall–Kier alpha value is 1.35. The van der Waals surface area contributed by atoms with Crippen molar-refractivity contribution in [2.75, 3.05) is 11.9 Å². The molecule has 0 aromatic heterocycles. The number of thiol groups is 1. The molecule has 62 valence electrons. The average molecular weight is 214 g/mol. The molecule has 0 N–H and O–H groups in total. The normalized spacial score (nSPS) is 17.3. The van der Waals surface area contributed by atoms with Crippen LogP contribution in [-0.4, -0.2) is 11.9 Å². The van der Waals surface area contributed by atoms with Gasteiger partial charge < -0.3 is 0 Å². The minimum Gasteiger partial charge on any atom is -0.131 e. The van der Waals surface area contributed by atoms with Crippen LogP contribution in [0.2, 0.25) is 0 Å². The van der Waals surface area contributed by atoms with Crippen molar-refractivity contribution in [3.63, 3.8) is 0 Å². The molecule has 0 heterocycles. The van der Waals surface area contributed by atoms with Gasteiger partial charge in [-0.05, 0) is 12.1 Å². The van der Waals surface area contributed by atoms with Crippen molar-refractivity contribution in [2.45, 2.75) is 20.8 Å². The van der Waals surface area contributed by atoms with Crippen LogP contribution < -0.4 is 0 Å². The largest absolute Gasteiger partial charge is 0.131 e. The van der Waals surface area contributed by atoms with Gasteiger partial charge in [0.1, 0.15) is 0 Å². The van der Waals surface area contributed by atoms with Crippen LogP contribution in [0.25, 0.3) is 0 Å². The Bertz CT molecular complexity index is 133. The third-order valence-electron chi connectivity index (χ3n) is 1.01. The van der Waals surface area contributed by atoms with Crippen molar-refractivity contribution in [3.8, 4) is 0 Å². The van der Waals surface area contributed by atoms with E-state index in [1.807, 2.05) is 11.4 Å². The first-order valence-corrected chi connectivity index (χ1v) is 9.17. The van der Waals surface area contributed by atoms with Gasteiger partial charge in [0.25, 0.3) is 0 Å². The van der Waals surface area contributed by atoms with Crippen LogP contribution in [-0.2, 0) is 11.8 Å². The fraction of sp³-hybridized carbons (Fsp3) is 1.00. The Morgan fingerprint density at radius 3 is 2.40 bits per heavy atom. The van der Waals surface area contributed by atoms with Crippen LogP contribution in [0.1, 0.15) is 20.8 Å². The number of rotatable bonds is 4. The lowest BCUT2D eigenvalue weighted by atomic mass is 10.3. The Balaban J connectivity index is 3.58. The van der Waals surface area contributed by atoms with E-state index in [1.165, 1.54) is 0 Å². The van der Waals surface area contributed by atoms with Gasteiger partial charge in [0, 0.05) is 5.75 Å². The van der Waals surface area contributed by atoms with E-state index in [0.717, 1.165) is 17.8 Å². The molecule has 0 spiro atoms. The molecule has 0 radical (unpaired) electrons. The molecule has 10 heavy (non-hydrogen) atoms. The van der Waals surface area contributed by atoms with E-state index in [0.29, 0.717) is 0 Å². The van der Waals surface area contributed by atoms with Gasteiger partial charge in [0.05, 0.1) is 4.44 Å². The van der Waals surface area contributed by atoms with Gasteiger partial charge in [-0.2, -0.15) is 0 Å². The molecule has 0 aromatic rings. The first-order valence-electron chi connectivity index (χ1n) is 3.44. The van der Waals surface area contributed by atoms with Gasteiger partial charge in [-0.1, -0.05) is 32.6 Å². The standard InChI is InChI=1S/C6H15PS3/c1-4-7(8,9)10-5-6(2)3/h6H,4-5H2,1-3H3,(H,8,9). The van der Waals surface area contributed by atoms with Crippen molar-refractivity contribution in [1.29, 1.82) is 0 Å². The Labute approximate surface area is 78.5 Å². The second-order valence-corrected chi connectivity index (χ2v) is 14.0. The molecule has 0 aliphatic rings. The predicted octanol–water partition coefficient (Wildman–Crippen LogP) is 3.63. The third-order valence-corrected chi connectivity index (χ3v) is 9.07. The van der Waals surface area contributed by atoms with Crippen LogP contribution in [0.15, 0.2) is 0 Å². The molecule has 0 saturated carbocycles. The highest BCUT2D eigenvalue weighted by molar-refractivity contribution is 8.96. The molecule has 0 saturated heterocycles. The Morgan fingerprint density at radius 2 is 2.10 bits per heavy atom. The molecule has 0 fully saturated rings. The summed E-state index contributed by atoms with van der Waals surface area (Å²) < 4.78 is -1.28. The first-order chi connectivity index (χ1) is 4.48. The van der Waals surface area contributed by atoms with E-state index in [2.05, 4.69) is 33.0 Å². The van der Waals surface area contributed by atoms with Crippen molar-refractivity contribution >= 4 is 39.9 Å². The maximum absolute atomic E-state index is 5.30. The molecule has 0 rings (SSSR count). The minimum absolute atomic E-state index is 0.742. The van der Waals surface area contributed by atoms with Crippen molar-refractivity contribution in [1.82, 2.24) is 0 Å². The van der Waals surface area contributed by atoms with E-state index in [4.69, 9.17) is 11.8 Å². The summed E-state index contributed by atoms with van der Waals surface area (Å²) in [6.45, 7) is 6.55. The topological polar surface area (TPSA) is 0 Å². The summed E-state index contributed by atoms with van der Waals surface area (Å²) in [6.07, 6.45) is 1.06. The second-order valence-electron chi connectivity index (χ2n) is 2.64. The zero-order valence-electron chi connectivity index (χ0n) is 6.70. The van der Waals surface area contributed by atoms with Crippen molar-refractivity contribution < 1.29 is 0 Å². The summed E-state index contributed by atoms with van der Waals surface area (Å²) in [5, 5.41) is 0. The fourth-order valence-electron chi connectivity index (χ4n) is 0.357. The van der Waals surface area contributed by atoms with E-state index in [-0.39, 0.29) is 0 Å². The zero-order chi connectivity index (χ0) is 8.20. The zero-order valence-corrected chi connectivity index (χ0v) is 10.1. The van der Waals surface area contributed by atoms with E-state index in [9.17, 15) is 0 Å². The van der Waals surface area contributed by atoms with Crippen LogP contribution in [0.4, 0.5) is 0 Å². The van der Waals surface area contributed by atoms with Crippen LogP contribution in [0.5, 0.6) is 0 Å². The van der Waals surface area contributed by atoms with Gasteiger partial charge in [-0.3, -0.25) is 0 Å². The number of hydrogen-bond acceptors (Lipinski definition) is 2.